The monoisotopic (exact) mass is 1260 g/mol. The quantitative estimate of drug-likeness (QED) is 0.0264. The van der Waals surface area contributed by atoms with Crippen LogP contribution in [0.25, 0.3) is 0 Å². The van der Waals surface area contributed by atoms with E-state index in [0.29, 0.717) is 6.42 Å². The van der Waals surface area contributed by atoms with Crippen molar-refractivity contribution in [1.82, 2.24) is 0 Å². The van der Waals surface area contributed by atoms with E-state index < -0.39 is 26.5 Å². The highest BCUT2D eigenvalue weighted by Gasteiger charge is 2.26. The van der Waals surface area contributed by atoms with Crippen molar-refractivity contribution in [3.05, 3.63) is 134 Å². The van der Waals surface area contributed by atoms with E-state index in [4.69, 9.17) is 24.3 Å². The molecule has 0 amide bonds. The second-order valence-corrected chi connectivity index (χ2v) is 25.5. The van der Waals surface area contributed by atoms with E-state index in [0.717, 1.165) is 122 Å². The topological polar surface area (TPSA) is 134 Å². The van der Waals surface area contributed by atoms with E-state index in [1.54, 1.807) is 0 Å². The van der Waals surface area contributed by atoms with Crippen molar-refractivity contribution in [2.75, 3.05) is 26.4 Å². The minimum Gasteiger partial charge on any atom is -0.462 e. The first-order chi connectivity index (χ1) is 43.8. The molecule has 2 atom stereocenters. The lowest BCUT2D eigenvalue weighted by Crippen LogP contribution is -2.29. The molecule has 510 valence electrons. The number of rotatable bonds is 68. The van der Waals surface area contributed by atoms with Gasteiger partial charge < -0.3 is 20.1 Å². The first-order valence-electron chi connectivity index (χ1n) is 36.7. The van der Waals surface area contributed by atoms with Gasteiger partial charge >= 0.3 is 19.8 Å². The Morgan fingerprint density at radius 3 is 0.921 bits per heavy atom. The van der Waals surface area contributed by atoms with Crippen LogP contribution in [-0.4, -0.2) is 49.3 Å². The van der Waals surface area contributed by atoms with Gasteiger partial charge in [0.1, 0.15) is 6.61 Å². The van der Waals surface area contributed by atoms with Crippen LogP contribution < -0.4 is 5.73 Å². The second-order valence-electron chi connectivity index (χ2n) is 24.1. The summed E-state index contributed by atoms with van der Waals surface area (Å²) in [5.74, 6) is -0.842. The molecule has 2 unspecified atom stereocenters. The summed E-state index contributed by atoms with van der Waals surface area (Å²) in [6, 6.07) is 0. The van der Waals surface area contributed by atoms with Crippen molar-refractivity contribution in [3.63, 3.8) is 0 Å². The lowest BCUT2D eigenvalue weighted by molar-refractivity contribution is -0.161. The standard InChI is InChI=1S/C79H136NO8P/c1-3-5-7-9-11-13-15-17-19-21-23-25-27-29-31-33-35-36-37-38-39-40-42-43-45-47-49-51-53-55-57-59-61-63-65-67-69-71-78(81)85-75-77(76-87-89(83,84)86-74-73-80)88-79(82)72-70-68-66-64-62-60-58-56-54-52-50-48-46-44-41-34-32-30-28-26-24-22-20-18-16-14-12-10-8-6-4-2/h6,8,12,14-15,17-18,20-21,23-24,26-27,29-30,32,41,44,48,50,54,56,77H,3-5,7,9-11,13,16,19,22,25,28,31,33-40,42-43,45-47,49,51-53,55,57-76,80H2,1-2H3,(H,83,84)/b8-6-,14-12-,17-15-,20-18-,23-21-,26-24-,29-27-,32-30-,44-41-,50-48-,56-54-. The molecule has 89 heavy (non-hydrogen) atoms. The second kappa shape index (κ2) is 73.2. The van der Waals surface area contributed by atoms with Crippen LogP contribution in [0, 0.1) is 0 Å². The molecular formula is C79H136NO8P. The summed E-state index contributed by atoms with van der Waals surface area (Å²) in [5, 5.41) is 0. The van der Waals surface area contributed by atoms with E-state index in [-0.39, 0.29) is 38.6 Å². The first kappa shape index (κ1) is 85.2. The zero-order valence-corrected chi connectivity index (χ0v) is 58.3. The lowest BCUT2D eigenvalue weighted by atomic mass is 10.0. The molecule has 0 aromatic heterocycles. The Kier molecular flexibility index (Phi) is 70.0. The Balaban J connectivity index is 3.90. The highest BCUT2D eigenvalue weighted by atomic mass is 31.2. The number of carbonyl (C=O) groups is 2. The number of carbonyl (C=O) groups excluding carboxylic acids is 2. The molecule has 0 bridgehead atoms. The Hall–Kier alpha value is -3.85. The molecular weight excluding hydrogens is 1120 g/mol. The normalized spacial score (nSPS) is 13.7. The van der Waals surface area contributed by atoms with Crippen LogP contribution in [0.4, 0.5) is 0 Å². The number of hydrogen-bond donors (Lipinski definition) is 2. The van der Waals surface area contributed by atoms with Gasteiger partial charge in [-0.3, -0.25) is 18.6 Å². The van der Waals surface area contributed by atoms with Gasteiger partial charge in [-0.1, -0.05) is 327 Å². The lowest BCUT2D eigenvalue weighted by Gasteiger charge is -2.19. The van der Waals surface area contributed by atoms with Crippen LogP contribution in [0.1, 0.15) is 322 Å². The van der Waals surface area contributed by atoms with Crippen LogP contribution in [0.15, 0.2) is 134 Å². The number of phosphoric ester groups is 1. The summed E-state index contributed by atoms with van der Waals surface area (Å²) in [4.78, 5) is 35.4. The molecule has 0 radical (unpaired) electrons. The minimum absolute atomic E-state index is 0.0455. The molecule has 0 aromatic rings. The molecule has 0 fully saturated rings. The summed E-state index contributed by atoms with van der Waals surface area (Å²) in [5.41, 5.74) is 5.40. The van der Waals surface area contributed by atoms with E-state index in [1.165, 1.54) is 167 Å². The fraction of sp³-hybridized carbons (Fsp3) is 0.696. The summed E-state index contributed by atoms with van der Waals surface area (Å²) in [7, 11) is -4.41. The van der Waals surface area contributed by atoms with E-state index in [1.807, 2.05) is 0 Å². The summed E-state index contributed by atoms with van der Waals surface area (Å²) >= 11 is 0. The van der Waals surface area contributed by atoms with Crippen LogP contribution in [-0.2, 0) is 32.7 Å². The smallest absolute Gasteiger partial charge is 0.462 e. The maximum absolute atomic E-state index is 12.8. The van der Waals surface area contributed by atoms with Gasteiger partial charge in [-0.05, 0) is 116 Å². The molecule has 0 rings (SSSR count). The average molecular weight is 1260 g/mol. The van der Waals surface area contributed by atoms with Crippen molar-refractivity contribution < 1.29 is 37.6 Å². The Morgan fingerprint density at radius 2 is 0.618 bits per heavy atom. The van der Waals surface area contributed by atoms with E-state index in [9.17, 15) is 19.0 Å². The van der Waals surface area contributed by atoms with Crippen molar-refractivity contribution in [3.8, 4) is 0 Å². The third-order valence-electron chi connectivity index (χ3n) is 15.5. The fourth-order valence-electron chi connectivity index (χ4n) is 10.1. The van der Waals surface area contributed by atoms with Gasteiger partial charge in [-0.25, -0.2) is 4.57 Å². The number of nitrogens with two attached hydrogens (primary N) is 1. The van der Waals surface area contributed by atoms with Crippen molar-refractivity contribution >= 4 is 19.8 Å². The summed E-state index contributed by atoms with van der Waals surface area (Å²) in [6.07, 6.45) is 104. The Labute approximate surface area is 548 Å². The number of unbranched alkanes of at least 4 members (excludes halogenated alkanes) is 33. The Morgan fingerprint density at radius 1 is 0.348 bits per heavy atom. The van der Waals surface area contributed by atoms with E-state index in [2.05, 4.69) is 148 Å². The van der Waals surface area contributed by atoms with Gasteiger partial charge in [-0.2, -0.15) is 0 Å². The highest BCUT2D eigenvalue weighted by Crippen LogP contribution is 2.43. The first-order valence-corrected chi connectivity index (χ1v) is 38.2. The zero-order chi connectivity index (χ0) is 64.4. The SMILES string of the molecule is CC/C=C\C/C=C\C/C=C\C/C=C\C/C=C\C/C=C\C/C=C\C/C=C\CCCCCCCCC(=O)OC(COC(=O)CCCCCCCCCCCCCCCCCCCCCCCC/C=C\C/C=C\C/C=C\CCCCCCC)COP(=O)(O)OCCN. The zero-order valence-electron chi connectivity index (χ0n) is 57.4. The minimum atomic E-state index is -4.41. The van der Waals surface area contributed by atoms with Crippen LogP contribution >= 0.6 is 7.82 Å². The predicted octanol–water partition coefficient (Wildman–Crippen LogP) is 24.4. The number of phosphoric acid groups is 1. The fourth-order valence-corrected chi connectivity index (χ4v) is 10.9. The van der Waals surface area contributed by atoms with Crippen LogP contribution in [0.5, 0.6) is 0 Å². The highest BCUT2D eigenvalue weighted by molar-refractivity contribution is 7.47. The van der Waals surface area contributed by atoms with Gasteiger partial charge in [0, 0.05) is 19.4 Å². The number of esters is 2. The summed E-state index contributed by atoms with van der Waals surface area (Å²) < 4.78 is 33.2. The van der Waals surface area contributed by atoms with Crippen molar-refractivity contribution in [1.29, 1.82) is 0 Å². The van der Waals surface area contributed by atoms with Gasteiger partial charge in [0.15, 0.2) is 6.10 Å². The molecule has 0 spiro atoms. The molecule has 0 heterocycles. The third kappa shape index (κ3) is 73.1. The van der Waals surface area contributed by atoms with Gasteiger partial charge in [0.25, 0.3) is 0 Å². The van der Waals surface area contributed by atoms with Gasteiger partial charge in [0.05, 0.1) is 13.2 Å². The predicted molar refractivity (Wildman–Crippen MR) is 385 cm³/mol. The maximum atomic E-state index is 12.8. The van der Waals surface area contributed by atoms with Gasteiger partial charge in [-0.15, -0.1) is 0 Å². The van der Waals surface area contributed by atoms with Crippen molar-refractivity contribution in [2.45, 2.75) is 328 Å². The molecule has 3 N–H and O–H groups in total. The van der Waals surface area contributed by atoms with Gasteiger partial charge in [0.2, 0.25) is 0 Å². The summed E-state index contributed by atoms with van der Waals surface area (Å²) in [6.45, 7) is 3.62. The van der Waals surface area contributed by atoms with E-state index >= 15 is 0 Å². The number of hydrogen-bond acceptors (Lipinski definition) is 8. The molecule has 10 heteroatoms. The molecule has 0 aliphatic heterocycles. The maximum Gasteiger partial charge on any atom is 0.472 e. The van der Waals surface area contributed by atoms with Crippen LogP contribution in [0.2, 0.25) is 0 Å². The Bertz CT molecular complexity index is 1920. The molecule has 0 saturated carbocycles. The number of ether oxygens (including phenoxy) is 2. The van der Waals surface area contributed by atoms with Crippen molar-refractivity contribution in [2.24, 2.45) is 5.73 Å². The molecule has 0 aliphatic carbocycles. The van der Waals surface area contributed by atoms with Crippen LogP contribution in [0.3, 0.4) is 0 Å². The average Bonchev–Trinajstić information content (AvgIpc) is 3.68. The molecule has 0 aromatic carbocycles. The number of allylic oxidation sites excluding steroid dienone is 22. The molecule has 9 nitrogen and oxygen atoms in total. The third-order valence-corrected chi connectivity index (χ3v) is 16.5. The molecule has 0 saturated heterocycles. The largest absolute Gasteiger partial charge is 0.472 e. The molecule has 0 aliphatic rings.